The minimum atomic E-state index is -0.377. The number of ether oxygens (including phenoxy) is 3. The van der Waals surface area contributed by atoms with E-state index in [9.17, 15) is 9.59 Å². The van der Waals surface area contributed by atoms with E-state index in [-0.39, 0.29) is 30.8 Å². The Hall–Kier alpha value is -2.12. The summed E-state index contributed by atoms with van der Waals surface area (Å²) in [6.07, 6.45) is 3.33. The molecule has 0 saturated heterocycles. The Labute approximate surface area is 155 Å². The number of esters is 2. The van der Waals surface area contributed by atoms with Crippen molar-refractivity contribution >= 4 is 11.9 Å². The number of rotatable bonds is 13. The zero-order valence-electron chi connectivity index (χ0n) is 15.7. The highest BCUT2D eigenvalue weighted by molar-refractivity contribution is 5.73. The third-order valence-corrected chi connectivity index (χ3v) is 3.93. The van der Waals surface area contributed by atoms with E-state index >= 15 is 0 Å². The van der Waals surface area contributed by atoms with Crippen molar-refractivity contribution in [3.63, 3.8) is 0 Å². The van der Waals surface area contributed by atoms with Crippen molar-refractivity contribution in [1.29, 1.82) is 0 Å². The van der Waals surface area contributed by atoms with Crippen LogP contribution in [0.3, 0.4) is 0 Å². The lowest BCUT2D eigenvalue weighted by Crippen LogP contribution is -2.36. The molecule has 146 valence electrons. The predicted octanol–water partition coefficient (Wildman–Crippen LogP) is 1.43. The van der Waals surface area contributed by atoms with Gasteiger partial charge in [-0.3, -0.25) is 9.59 Å². The van der Waals surface area contributed by atoms with Crippen LogP contribution in [0.25, 0.3) is 0 Å². The van der Waals surface area contributed by atoms with Gasteiger partial charge >= 0.3 is 11.9 Å². The first kappa shape index (κ1) is 21.9. The second-order valence-corrected chi connectivity index (χ2v) is 5.95. The summed E-state index contributed by atoms with van der Waals surface area (Å²) in [5.41, 5.74) is 6.76. The van der Waals surface area contributed by atoms with Gasteiger partial charge in [-0.25, -0.2) is 0 Å². The van der Waals surface area contributed by atoms with Gasteiger partial charge in [-0.1, -0.05) is 12.1 Å². The molecular weight excluding hydrogens is 336 g/mol. The molecule has 0 unspecified atom stereocenters. The first-order chi connectivity index (χ1) is 12.6. The largest absolute Gasteiger partial charge is 0.492 e. The number of aryl methyl sites for hydroxylation is 1. The zero-order valence-corrected chi connectivity index (χ0v) is 15.7. The fraction of sp³-hybridized carbons (Fsp3) is 0.579. The van der Waals surface area contributed by atoms with E-state index in [1.165, 1.54) is 19.8 Å². The van der Waals surface area contributed by atoms with E-state index in [1.54, 1.807) is 0 Å². The van der Waals surface area contributed by atoms with Crippen LogP contribution in [0.4, 0.5) is 0 Å². The van der Waals surface area contributed by atoms with Gasteiger partial charge in [-0.15, -0.1) is 0 Å². The highest BCUT2D eigenvalue weighted by Crippen LogP contribution is 2.13. The summed E-state index contributed by atoms with van der Waals surface area (Å²) < 4.78 is 15.0. The van der Waals surface area contributed by atoms with E-state index in [4.69, 9.17) is 10.5 Å². The molecule has 7 heteroatoms. The molecule has 0 aliphatic rings. The maximum Gasteiger partial charge on any atom is 0.307 e. The van der Waals surface area contributed by atoms with Gasteiger partial charge in [0.25, 0.3) is 0 Å². The molecule has 0 amide bonds. The van der Waals surface area contributed by atoms with Gasteiger partial charge in [0, 0.05) is 12.6 Å². The SMILES string of the molecule is COC(=O)CC(CC(=O)OC)NCCOc1ccc(CCCCN)cc1. The van der Waals surface area contributed by atoms with E-state index in [0.29, 0.717) is 13.2 Å². The van der Waals surface area contributed by atoms with Crippen molar-refractivity contribution < 1.29 is 23.8 Å². The zero-order chi connectivity index (χ0) is 19.2. The lowest BCUT2D eigenvalue weighted by atomic mass is 10.1. The number of nitrogens with one attached hydrogen (secondary N) is 1. The molecule has 0 fully saturated rings. The van der Waals surface area contributed by atoms with E-state index < -0.39 is 0 Å². The summed E-state index contributed by atoms with van der Waals surface area (Å²) in [6.45, 7) is 1.64. The quantitative estimate of drug-likeness (QED) is 0.402. The van der Waals surface area contributed by atoms with Crippen molar-refractivity contribution in [2.24, 2.45) is 5.73 Å². The normalized spacial score (nSPS) is 10.6. The van der Waals surface area contributed by atoms with Crippen molar-refractivity contribution in [2.75, 3.05) is 33.9 Å². The molecular formula is C19H30N2O5. The van der Waals surface area contributed by atoms with Crippen LogP contribution in [-0.4, -0.2) is 51.9 Å². The highest BCUT2D eigenvalue weighted by atomic mass is 16.5. The molecule has 26 heavy (non-hydrogen) atoms. The fourth-order valence-electron chi connectivity index (χ4n) is 2.44. The molecule has 0 atom stereocenters. The third-order valence-electron chi connectivity index (χ3n) is 3.93. The summed E-state index contributed by atoms with van der Waals surface area (Å²) in [7, 11) is 2.64. The molecule has 0 saturated carbocycles. The third kappa shape index (κ3) is 9.39. The van der Waals surface area contributed by atoms with Crippen LogP contribution in [0.2, 0.25) is 0 Å². The molecule has 7 nitrogen and oxygen atoms in total. The number of carbonyl (C=O) groups is 2. The second-order valence-electron chi connectivity index (χ2n) is 5.95. The predicted molar refractivity (Wildman–Crippen MR) is 99.0 cm³/mol. The van der Waals surface area contributed by atoms with Gasteiger partial charge in [0.2, 0.25) is 0 Å². The molecule has 1 rings (SSSR count). The van der Waals surface area contributed by atoms with Crippen molar-refractivity contribution in [3.05, 3.63) is 29.8 Å². The van der Waals surface area contributed by atoms with E-state index in [1.807, 2.05) is 12.1 Å². The molecule has 0 radical (unpaired) electrons. The number of nitrogens with two attached hydrogens (primary N) is 1. The monoisotopic (exact) mass is 366 g/mol. The average molecular weight is 366 g/mol. The summed E-state index contributed by atoms with van der Waals surface area (Å²) in [5, 5.41) is 3.13. The fourth-order valence-corrected chi connectivity index (χ4v) is 2.44. The summed E-state index contributed by atoms with van der Waals surface area (Å²) in [5.74, 6) is 0.0296. The van der Waals surface area contributed by atoms with Gasteiger partial charge in [0.05, 0.1) is 27.1 Å². The minimum Gasteiger partial charge on any atom is -0.492 e. The molecule has 0 bridgehead atoms. The molecule has 0 aliphatic carbocycles. The van der Waals surface area contributed by atoms with Crippen LogP contribution in [0, 0.1) is 0 Å². The number of unbranched alkanes of at least 4 members (excludes halogenated alkanes) is 1. The van der Waals surface area contributed by atoms with Crippen LogP contribution in [0.15, 0.2) is 24.3 Å². The van der Waals surface area contributed by atoms with Crippen LogP contribution < -0.4 is 15.8 Å². The maximum atomic E-state index is 11.4. The van der Waals surface area contributed by atoms with Crippen LogP contribution in [0.5, 0.6) is 5.75 Å². The second kappa shape index (κ2) is 13.1. The summed E-state index contributed by atoms with van der Waals surface area (Å²) in [6, 6.07) is 7.65. The maximum absolute atomic E-state index is 11.4. The number of carbonyl (C=O) groups excluding carboxylic acids is 2. The summed E-state index contributed by atoms with van der Waals surface area (Å²) >= 11 is 0. The molecule has 0 heterocycles. The lowest BCUT2D eigenvalue weighted by Gasteiger charge is -2.16. The molecule has 0 spiro atoms. The van der Waals surface area contributed by atoms with E-state index in [0.717, 1.165) is 31.6 Å². The molecule has 0 aliphatic heterocycles. The van der Waals surface area contributed by atoms with Gasteiger partial charge in [-0.05, 0) is 43.5 Å². The Morgan fingerprint density at radius 1 is 1.04 bits per heavy atom. The van der Waals surface area contributed by atoms with Gasteiger partial charge < -0.3 is 25.3 Å². The lowest BCUT2D eigenvalue weighted by molar-refractivity contribution is -0.143. The van der Waals surface area contributed by atoms with Gasteiger partial charge in [0.1, 0.15) is 12.4 Å². The Morgan fingerprint density at radius 3 is 2.19 bits per heavy atom. The summed E-state index contributed by atoms with van der Waals surface area (Å²) in [4.78, 5) is 22.8. The smallest absolute Gasteiger partial charge is 0.307 e. The van der Waals surface area contributed by atoms with Crippen LogP contribution in [-0.2, 0) is 25.5 Å². The van der Waals surface area contributed by atoms with Crippen molar-refractivity contribution in [3.8, 4) is 5.75 Å². The highest BCUT2D eigenvalue weighted by Gasteiger charge is 2.18. The number of hydrogen-bond acceptors (Lipinski definition) is 7. The first-order valence-corrected chi connectivity index (χ1v) is 8.87. The van der Waals surface area contributed by atoms with Gasteiger partial charge in [-0.2, -0.15) is 0 Å². The molecule has 3 N–H and O–H groups in total. The van der Waals surface area contributed by atoms with E-state index in [2.05, 4.69) is 26.9 Å². The van der Waals surface area contributed by atoms with Gasteiger partial charge in [0.15, 0.2) is 0 Å². The minimum absolute atomic E-state index is 0.100. The standard InChI is InChI=1S/C19H30N2O5/c1-24-18(22)13-16(14-19(23)25-2)21-11-12-26-17-8-6-15(7-9-17)5-3-4-10-20/h6-9,16,21H,3-5,10-14,20H2,1-2H3. The Kier molecular flexibility index (Phi) is 11.1. The van der Waals surface area contributed by atoms with Crippen LogP contribution in [0.1, 0.15) is 31.2 Å². The Balaban J connectivity index is 2.35. The molecule has 1 aromatic carbocycles. The number of benzene rings is 1. The first-order valence-electron chi connectivity index (χ1n) is 8.87. The number of hydrogen-bond donors (Lipinski definition) is 2. The average Bonchev–Trinajstić information content (AvgIpc) is 2.66. The molecule has 1 aromatic rings. The Morgan fingerprint density at radius 2 is 1.65 bits per heavy atom. The number of methoxy groups -OCH3 is 2. The Bertz CT molecular complexity index is 515. The van der Waals surface area contributed by atoms with Crippen molar-refractivity contribution in [2.45, 2.75) is 38.1 Å². The van der Waals surface area contributed by atoms with Crippen LogP contribution >= 0.6 is 0 Å². The van der Waals surface area contributed by atoms with Crippen molar-refractivity contribution in [1.82, 2.24) is 5.32 Å². The topological polar surface area (TPSA) is 99.9 Å². The molecule has 0 aromatic heterocycles.